The Labute approximate surface area is 124 Å². The zero-order chi connectivity index (χ0) is 15.2. The predicted octanol–water partition coefficient (Wildman–Crippen LogP) is 1.42. The van der Waals surface area contributed by atoms with Gasteiger partial charge in [-0.05, 0) is 24.3 Å². The number of amides is 1. The zero-order valence-electron chi connectivity index (χ0n) is 11.4. The Morgan fingerprint density at radius 3 is 2.90 bits per heavy atom. The second kappa shape index (κ2) is 6.85. The number of pyridine rings is 1. The number of carbonyl (C=O) groups is 1. The van der Waals surface area contributed by atoms with Gasteiger partial charge in [-0.1, -0.05) is 6.07 Å². The van der Waals surface area contributed by atoms with Crippen LogP contribution in [-0.4, -0.2) is 28.0 Å². The van der Waals surface area contributed by atoms with E-state index in [2.05, 4.69) is 10.3 Å². The fourth-order valence-electron chi connectivity index (χ4n) is 1.68. The SMILES string of the molecule is COc1cccc(NC(=O)CS(=O)c2ncccc2N)c1. The van der Waals surface area contributed by atoms with E-state index in [-0.39, 0.29) is 16.7 Å². The molecule has 0 fully saturated rings. The van der Waals surface area contributed by atoms with Crippen LogP contribution in [0.1, 0.15) is 0 Å². The number of nitrogens with zero attached hydrogens (tertiary/aromatic N) is 1. The molecule has 21 heavy (non-hydrogen) atoms. The van der Waals surface area contributed by atoms with E-state index in [1.54, 1.807) is 43.5 Å². The van der Waals surface area contributed by atoms with E-state index in [4.69, 9.17) is 10.5 Å². The first-order valence-electron chi connectivity index (χ1n) is 6.13. The lowest BCUT2D eigenvalue weighted by atomic mass is 10.3. The molecule has 1 atom stereocenters. The topological polar surface area (TPSA) is 94.3 Å². The summed E-state index contributed by atoms with van der Waals surface area (Å²) in [4.78, 5) is 15.8. The fraction of sp³-hybridized carbons (Fsp3) is 0.143. The average Bonchev–Trinajstić information content (AvgIpc) is 2.47. The number of hydrogen-bond donors (Lipinski definition) is 2. The molecule has 3 N–H and O–H groups in total. The lowest BCUT2D eigenvalue weighted by Gasteiger charge is -2.07. The van der Waals surface area contributed by atoms with E-state index in [0.717, 1.165) is 0 Å². The summed E-state index contributed by atoms with van der Waals surface area (Å²) in [5, 5.41) is 2.88. The third kappa shape index (κ3) is 4.03. The van der Waals surface area contributed by atoms with Crippen molar-refractivity contribution >= 4 is 28.1 Å². The molecule has 1 unspecified atom stereocenters. The minimum atomic E-state index is -1.59. The van der Waals surface area contributed by atoms with Gasteiger partial charge in [0.2, 0.25) is 5.91 Å². The van der Waals surface area contributed by atoms with E-state index in [1.807, 2.05) is 0 Å². The highest BCUT2D eigenvalue weighted by Crippen LogP contribution is 2.17. The van der Waals surface area contributed by atoms with Gasteiger partial charge in [0.15, 0.2) is 5.03 Å². The molecule has 2 aromatic rings. The van der Waals surface area contributed by atoms with Crippen LogP contribution in [0.5, 0.6) is 5.75 Å². The predicted molar refractivity (Wildman–Crippen MR) is 81.5 cm³/mol. The van der Waals surface area contributed by atoms with Gasteiger partial charge < -0.3 is 15.8 Å². The molecule has 110 valence electrons. The summed E-state index contributed by atoms with van der Waals surface area (Å²) in [6.45, 7) is 0. The lowest BCUT2D eigenvalue weighted by molar-refractivity contribution is -0.113. The molecule has 1 aromatic heterocycles. The van der Waals surface area contributed by atoms with Crippen LogP contribution in [0.15, 0.2) is 47.6 Å². The molecule has 0 saturated carbocycles. The number of nitrogens with two attached hydrogens (primary N) is 1. The van der Waals surface area contributed by atoms with Crippen molar-refractivity contribution in [1.82, 2.24) is 4.98 Å². The Balaban J connectivity index is 2.01. The van der Waals surface area contributed by atoms with Crippen LogP contribution in [0, 0.1) is 0 Å². The molecule has 6 nitrogen and oxygen atoms in total. The van der Waals surface area contributed by atoms with Crippen LogP contribution in [0.25, 0.3) is 0 Å². The number of nitrogens with one attached hydrogen (secondary N) is 1. The summed E-state index contributed by atoms with van der Waals surface area (Å²) in [5.74, 6) is 0.0350. The maximum absolute atomic E-state index is 12.1. The van der Waals surface area contributed by atoms with Gasteiger partial charge in [0.25, 0.3) is 0 Å². The van der Waals surface area contributed by atoms with Crippen LogP contribution in [0.4, 0.5) is 11.4 Å². The highest BCUT2D eigenvalue weighted by atomic mass is 32.2. The van der Waals surface area contributed by atoms with Crippen LogP contribution >= 0.6 is 0 Å². The Kier molecular flexibility index (Phi) is 4.89. The van der Waals surface area contributed by atoms with Gasteiger partial charge in [-0.25, -0.2) is 4.98 Å². The van der Waals surface area contributed by atoms with Crippen LogP contribution in [-0.2, 0) is 15.6 Å². The molecule has 0 aliphatic carbocycles. The number of ether oxygens (including phenoxy) is 1. The van der Waals surface area contributed by atoms with E-state index in [0.29, 0.717) is 17.1 Å². The van der Waals surface area contributed by atoms with Gasteiger partial charge in [0.1, 0.15) is 11.5 Å². The molecule has 0 aliphatic rings. The summed E-state index contributed by atoms with van der Waals surface area (Å²) in [6, 6.07) is 10.2. The number of aromatic nitrogens is 1. The summed E-state index contributed by atoms with van der Waals surface area (Å²) in [7, 11) is -0.0438. The van der Waals surface area contributed by atoms with Crippen LogP contribution < -0.4 is 15.8 Å². The molecule has 1 heterocycles. The smallest absolute Gasteiger partial charge is 0.237 e. The van der Waals surface area contributed by atoms with Gasteiger partial charge in [0.05, 0.1) is 23.6 Å². The van der Waals surface area contributed by atoms with Gasteiger partial charge in [-0.15, -0.1) is 0 Å². The third-order valence-corrected chi connectivity index (χ3v) is 3.93. The first kappa shape index (κ1) is 15.0. The Bertz CT molecular complexity index is 676. The normalized spacial score (nSPS) is 11.7. The highest BCUT2D eigenvalue weighted by Gasteiger charge is 2.14. The first-order chi connectivity index (χ1) is 10.1. The molecule has 0 spiro atoms. The van der Waals surface area contributed by atoms with Gasteiger partial charge >= 0.3 is 0 Å². The fourth-order valence-corrected chi connectivity index (χ4v) is 2.64. The zero-order valence-corrected chi connectivity index (χ0v) is 12.2. The summed E-state index contributed by atoms with van der Waals surface area (Å²) < 4.78 is 17.1. The van der Waals surface area contributed by atoms with Crippen molar-refractivity contribution in [3.8, 4) is 5.75 Å². The van der Waals surface area contributed by atoms with Crippen molar-refractivity contribution in [3.63, 3.8) is 0 Å². The van der Waals surface area contributed by atoms with Crippen LogP contribution in [0.3, 0.4) is 0 Å². The van der Waals surface area contributed by atoms with Crippen molar-refractivity contribution in [1.29, 1.82) is 0 Å². The first-order valence-corrected chi connectivity index (χ1v) is 7.45. The molecular weight excluding hydrogens is 290 g/mol. The van der Waals surface area contributed by atoms with E-state index < -0.39 is 10.8 Å². The van der Waals surface area contributed by atoms with Crippen molar-refractivity contribution in [2.75, 3.05) is 23.9 Å². The minimum absolute atomic E-state index is 0.210. The maximum atomic E-state index is 12.1. The minimum Gasteiger partial charge on any atom is -0.497 e. The maximum Gasteiger partial charge on any atom is 0.237 e. The molecule has 0 bridgehead atoms. The third-order valence-electron chi connectivity index (χ3n) is 2.63. The number of carbonyl (C=O) groups excluding carboxylic acids is 1. The number of methoxy groups -OCH3 is 1. The van der Waals surface area contributed by atoms with E-state index in [1.165, 1.54) is 6.20 Å². The largest absolute Gasteiger partial charge is 0.497 e. The molecule has 0 radical (unpaired) electrons. The summed E-state index contributed by atoms with van der Waals surface area (Å²) >= 11 is 0. The van der Waals surface area contributed by atoms with Crippen molar-refractivity contribution < 1.29 is 13.7 Å². The molecule has 0 aliphatic heterocycles. The van der Waals surface area contributed by atoms with Crippen LogP contribution in [0.2, 0.25) is 0 Å². The molecule has 1 aromatic carbocycles. The molecule has 1 amide bonds. The van der Waals surface area contributed by atoms with Crippen molar-refractivity contribution in [2.24, 2.45) is 0 Å². The molecule has 2 rings (SSSR count). The lowest BCUT2D eigenvalue weighted by Crippen LogP contribution is -2.20. The number of nitrogen functional groups attached to an aromatic ring is 1. The second-order valence-corrected chi connectivity index (χ2v) is 5.53. The summed E-state index contributed by atoms with van der Waals surface area (Å²) in [6.07, 6.45) is 1.49. The molecule has 0 saturated heterocycles. The van der Waals surface area contributed by atoms with E-state index >= 15 is 0 Å². The van der Waals surface area contributed by atoms with Gasteiger partial charge in [0, 0.05) is 18.0 Å². The molecular formula is C14H15N3O3S. The Hall–Kier alpha value is -2.41. The Morgan fingerprint density at radius 1 is 1.38 bits per heavy atom. The van der Waals surface area contributed by atoms with Crippen molar-refractivity contribution in [2.45, 2.75) is 5.03 Å². The Morgan fingerprint density at radius 2 is 2.19 bits per heavy atom. The average molecular weight is 305 g/mol. The van der Waals surface area contributed by atoms with Gasteiger partial charge in [-0.2, -0.15) is 0 Å². The molecule has 7 heteroatoms. The second-order valence-electron chi connectivity index (χ2n) is 4.17. The summed E-state index contributed by atoms with van der Waals surface area (Å²) in [5.41, 5.74) is 6.57. The number of rotatable bonds is 5. The number of anilines is 2. The van der Waals surface area contributed by atoms with Gasteiger partial charge in [-0.3, -0.25) is 9.00 Å². The monoisotopic (exact) mass is 305 g/mol. The van der Waals surface area contributed by atoms with E-state index in [9.17, 15) is 9.00 Å². The number of hydrogen-bond acceptors (Lipinski definition) is 5. The quantitative estimate of drug-likeness (QED) is 0.871. The van der Waals surface area contributed by atoms with Crippen molar-refractivity contribution in [3.05, 3.63) is 42.6 Å². The number of benzene rings is 1. The standard InChI is InChI=1S/C14H15N3O3S/c1-20-11-5-2-4-10(8-11)17-13(18)9-21(19)14-12(15)6-3-7-16-14/h2-8H,9,15H2,1H3,(H,17,18). The highest BCUT2D eigenvalue weighted by molar-refractivity contribution is 7.85.